The Morgan fingerprint density at radius 2 is 1.76 bits per heavy atom. The number of halogens is 1. The monoisotopic (exact) mass is 448 g/mol. The molecule has 4 aromatic rings. The number of fused-ring (bicyclic) bond motifs is 2. The zero-order chi connectivity index (χ0) is 19.7. The number of aromatic nitrogens is 2. The van der Waals surface area contributed by atoms with Crippen LogP contribution in [0.1, 0.15) is 9.80 Å². The Bertz CT molecular complexity index is 1110. The fourth-order valence-electron chi connectivity index (χ4n) is 2.80. The Kier molecular flexibility index (Phi) is 6.69. The highest BCUT2D eigenvalue weighted by atomic mass is 35.5. The van der Waals surface area contributed by atoms with Crippen molar-refractivity contribution in [2.45, 2.75) is 0 Å². The topological polar surface area (TPSA) is 58.6 Å². The van der Waals surface area contributed by atoms with Crippen LogP contribution in [0.5, 0.6) is 5.75 Å². The number of benzene rings is 2. The van der Waals surface area contributed by atoms with Gasteiger partial charge in [-0.1, -0.05) is 23.5 Å². The number of anilines is 1. The highest BCUT2D eigenvalue weighted by Gasteiger charge is 2.24. The lowest BCUT2D eigenvalue weighted by atomic mass is 10.3. The Morgan fingerprint density at radius 1 is 1.00 bits per heavy atom. The first-order valence-corrected chi connectivity index (χ1v) is 10.4. The molecule has 0 aliphatic rings. The molecule has 2 heterocycles. The Balaban J connectivity index is 0.00000240. The van der Waals surface area contributed by atoms with Crippen LogP contribution in [0.25, 0.3) is 20.4 Å². The number of methoxy groups -OCH3 is 1. The molecule has 2 aromatic heterocycles. The molecule has 0 spiro atoms. The third-order valence-electron chi connectivity index (χ3n) is 4.31. The third-order valence-corrected chi connectivity index (χ3v) is 6.39. The minimum Gasteiger partial charge on any atom is -0.497 e. The molecule has 0 fully saturated rings. The van der Waals surface area contributed by atoms with E-state index < -0.39 is 0 Å². The lowest BCUT2D eigenvalue weighted by Gasteiger charge is -2.20. The number of nitrogens with zero attached hydrogens (tertiary/aromatic N) is 4. The molecule has 0 bridgehead atoms. The summed E-state index contributed by atoms with van der Waals surface area (Å²) in [5.41, 5.74) is 1.67. The average Bonchev–Trinajstić information content (AvgIpc) is 3.31. The van der Waals surface area contributed by atoms with Crippen molar-refractivity contribution in [3.8, 4) is 5.75 Å². The predicted octanol–water partition coefficient (Wildman–Crippen LogP) is 4.54. The lowest BCUT2D eigenvalue weighted by molar-refractivity contribution is 0.0985. The number of hydrogen-bond acceptors (Lipinski definition) is 7. The summed E-state index contributed by atoms with van der Waals surface area (Å²) in [6.45, 7) is 1.27. The summed E-state index contributed by atoms with van der Waals surface area (Å²) in [5, 5.41) is 1.16. The number of amides is 1. The molecule has 4 rings (SSSR count). The molecule has 29 heavy (non-hydrogen) atoms. The molecule has 0 N–H and O–H groups in total. The number of carbonyl (C=O) groups is 1. The van der Waals surface area contributed by atoms with Crippen molar-refractivity contribution < 1.29 is 9.53 Å². The molecule has 1 amide bonds. The van der Waals surface area contributed by atoms with Gasteiger partial charge >= 0.3 is 0 Å². The van der Waals surface area contributed by atoms with Gasteiger partial charge in [0.05, 0.1) is 27.5 Å². The Morgan fingerprint density at radius 3 is 2.48 bits per heavy atom. The smallest absolute Gasteiger partial charge is 0.289 e. The number of rotatable bonds is 6. The van der Waals surface area contributed by atoms with E-state index in [0.717, 1.165) is 32.7 Å². The van der Waals surface area contributed by atoms with Gasteiger partial charge in [-0.25, -0.2) is 9.97 Å². The van der Waals surface area contributed by atoms with Gasteiger partial charge in [0.15, 0.2) is 10.1 Å². The standard InChI is InChI=1S/C20H20N4O2S2.ClH/c1-23(2)10-11-24(19(25)18-21-14-6-4-5-7-16(14)27-18)20-22-15-12-13(26-3)8-9-17(15)28-20;/h4-9,12H,10-11H2,1-3H3;1H. The highest BCUT2D eigenvalue weighted by Crippen LogP contribution is 2.32. The maximum atomic E-state index is 13.3. The van der Waals surface area contributed by atoms with Crippen molar-refractivity contribution in [1.82, 2.24) is 14.9 Å². The molecule has 0 atom stereocenters. The van der Waals surface area contributed by atoms with Crippen LogP contribution in [0.2, 0.25) is 0 Å². The second kappa shape index (κ2) is 9.04. The second-order valence-corrected chi connectivity index (χ2v) is 8.62. The van der Waals surface area contributed by atoms with Crippen LogP contribution in [0.15, 0.2) is 42.5 Å². The van der Waals surface area contributed by atoms with Crippen LogP contribution in [0.4, 0.5) is 5.13 Å². The lowest BCUT2D eigenvalue weighted by Crippen LogP contribution is -2.36. The van der Waals surface area contributed by atoms with E-state index in [9.17, 15) is 4.79 Å². The third kappa shape index (κ3) is 4.51. The molecule has 0 radical (unpaired) electrons. The van der Waals surface area contributed by atoms with Gasteiger partial charge in [0, 0.05) is 19.2 Å². The molecular weight excluding hydrogens is 428 g/mol. The van der Waals surface area contributed by atoms with Crippen molar-refractivity contribution in [2.75, 3.05) is 39.2 Å². The molecule has 6 nitrogen and oxygen atoms in total. The maximum absolute atomic E-state index is 13.3. The summed E-state index contributed by atoms with van der Waals surface area (Å²) < 4.78 is 7.31. The van der Waals surface area contributed by atoms with Crippen molar-refractivity contribution in [3.63, 3.8) is 0 Å². The zero-order valence-electron chi connectivity index (χ0n) is 16.3. The average molecular weight is 449 g/mol. The molecule has 2 aromatic carbocycles. The largest absolute Gasteiger partial charge is 0.497 e. The van der Waals surface area contributed by atoms with E-state index in [1.165, 1.54) is 22.7 Å². The van der Waals surface area contributed by atoms with Crippen molar-refractivity contribution in [1.29, 1.82) is 0 Å². The summed E-state index contributed by atoms with van der Waals surface area (Å²) >= 11 is 2.92. The van der Waals surface area contributed by atoms with Crippen LogP contribution in [-0.4, -0.2) is 55.1 Å². The van der Waals surface area contributed by atoms with E-state index in [1.807, 2.05) is 56.6 Å². The summed E-state index contributed by atoms with van der Waals surface area (Å²) in [4.78, 5) is 26.3. The van der Waals surface area contributed by atoms with Gasteiger partial charge in [-0.2, -0.15) is 0 Å². The first-order chi connectivity index (χ1) is 13.5. The Labute approximate surface area is 183 Å². The van der Waals surface area contributed by atoms with Crippen molar-refractivity contribution in [3.05, 3.63) is 47.5 Å². The minimum absolute atomic E-state index is 0. The van der Waals surface area contributed by atoms with Crippen LogP contribution in [0.3, 0.4) is 0 Å². The van der Waals surface area contributed by atoms with Gasteiger partial charge in [-0.15, -0.1) is 23.7 Å². The summed E-state index contributed by atoms with van der Waals surface area (Å²) in [5.74, 6) is 0.635. The number of hydrogen-bond donors (Lipinski definition) is 0. The quantitative estimate of drug-likeness (QED) is 0.433. The summed E-state index contributed by atoms with van der Waals surface area (Å²) in [6, 6.07) is 13.6. The van der Waals surface area contributed by atoms with Crippen LogP contribution < -0.4 is 9.64 Å². The fourth-order valence-corrected chi connectivity index (χ4v) is 4.69. The first-order valence-electron chi connectivity index (χ1n) is 8.82. The van der Waals surface area contributed by atoms with Gasteiger partial charge in [-0.3, -0.25) is 9.69 Å². The molecule has 0 aliphatic carbocycles. The molecule has 0 aliphatic heterocycles. The highest BCUT2D eigenvalue weighted by molar-refractivity contribution is 7.23. The number of thiazole rings is 2. The molecule has 0 unspecified atom stereocenters. The first kappa shape index (κ1) is 21.4. The number of likely N-dealkylation sites (N-methyl/N-ethyl adjacent to an activating group) is 1. The molecule has 152 valence electrons. The van der Waals surface area contributed by atoms with E-state index >= 15 is 0 Å². The van der Waals surface area contributed by atoms with Crippen molar-refractivity contribution >= 4 is 66.6 Å². The zero-order valence-corrected chi connectivity index (χ0v) is 18.7. The van der Waals surface area contributed by atoms with Crippen LogP contribution in [-0.2, 0) is 0 Å². The summed E-state index contributed by atoms with van der Waals surface area (Å²) in [7, 11) is 5.61. The number of carbonyl (C=O) groups excluding carboxylic acids is 1. The number of ether oxygens (including phenoxy) is 1. The van der Waals surface area contributed by atoms with Crippen LogP contribution >= 0.6 is 35.1 Å². The SMILES string of the molecule is COc1ccc2sc(N(CCN(C)C)C(=O)c3nc4ccccc4s3)nc2c1.Cl. The van der Waals surface area contributed by atoms with Gasteiger partial charge in [0.25, 0.3) is 5.91 Å². The molecule has 0 saturated heterocycles. The minimum atomic E-state index is -0.117. The van der Waals surface area contributed by atoms with Gasteiger partial charge in [0.2, 0.25) is 0 Å². The second-order valence-electron chi connectivity index (χ2n) is 6.58. The predicted molar refractivity (Wildman–Crippen MR) is 123 cm³/mol. The van der Waals surface area contributed by atoms with Gasteiger partial charge < -0.3 is 9.64 Å². The van der Waals surface area contributed by atoms with Gasteiger partial charge in [0.1, 0.15) is 5.75 Å². The van der Waals surface area contributed by atoms with E-state index in [0.29, 0.717) is 16.7 Å². The van der Waals surface area contributed by atoms with Gasteiger partial charge in [-0.05, 0) is 38.4 Å². The molecular formula is C20H21ClN4O2S2. The molecule has 0 saturated carbocycles. The van der Waals surface area contributed by atoms with E-state index in [4.69, 9.17) is 9.72 Å². The van der Waals surface area contributed by atoms with Crippen molar-refractivity contribution in [2.24, 2.45) is 0 Å². The fraction of sp³-hybridized carbons (Fsp3) is 0.250. The van der Waals surface area contributed by atoms with E-state index in [-0.39, 0.29) is 18.3 Å². The summed E-state index contributed by atoms with van der Waals surface area (Å²) in [6.07, 6.45) is 0. The normalized spacial score (nSPS) is 11.0. The maximum Gasteiger partial charge on any atom is 0.289 e. The van der Waals surface area contributed by atoms with Crippen LogP contribution in [0, 0.1) is 0 Å². The number of para-hydroxylation sites is 1. The van der Waals surface area contributed by atoms with E-state index in [1.54, 1.807) is 12.0 Å². The molecule has 9 heteroatoms. The van der Waals surface area contributed by atoms with E-state index in [2.05, 4.69) is 9.88 Å². The Hall–Kier alpha value is -2.26.